The lowest BCUT2D eigenvalue weighted by molar-refractivity contribution is 1.15. The van der Waals surface area contributed by atoms with Gasteiger partial charge in [0.2, 0.25) is 0 Å². The van der Waals surface area contributed by atoms with Crippen molar-refractivity contribution in [1.29, 1.82) is 0 Å². The van der Waals surface area contributed by atoms with Crippen molar-refractivity contribution >= 4 is 75.3 Å². The van der Waals surface area contributed by atoms with Gasteiger partial charge < -0.3 is 5.32 Å². The van der Waals surface area contributed by atoms with Crippen molar-refractivity contribution in [2.45, 2.75) is 6.54 Å². The highest BCUT2D eigenvalue weighted by Gasteiger charge is 2.11. The third kappa shape index (κ3) is 3.59. The van der Waals surface area contributed by atoms with Crippen molar-refractivity contribution in [2.24, 2.45) is 0 Å². The Bertz CT molecular complexity index is 656. The number of rotatable bonds is 3. The van der Waals surface area contributed by atoms with Crippen LogP contribution in [0.1, 0.15) is 5.56 Å². The van der Waals surface area contributed by atoms with Gasteiger partial charge in [0.1, 0.15) is 0 Å². The molecule has 2 aromatic rings. The highest BCUT2D eigenvalue weighted by atomic mass is 35.5. The van der Waals surface area contributed by atoms with Crippen LogP contribution >= 0.6 is 69.6 Å². The van der Waals surface area contributed by atoms with Gasteiger partial charge in [-0.05, 0) is 24.3 Å². The maximum absolute atomic E-state index is 6.12. The first-order valence-corrected chi connectivity index (χ1v) is 7.67. The fourth-order valence-corrected chi connectivity index (χ4v) is 2.87. The summed E-state index contributed by atoms with van der Waals surface area (Å²) >= 11 is 36.1. The number of benzene rings is 2. The zero-order chi connectivity index (χ0) is 14.9. The van der Waals surface area contributed by atoms with Crippen LogP contribution in [0.15, 0.2) is 24.3 Å². The maximum Gasteiger partial charge on any atom is 0.0657 e. The Morgan fingerprint density at radius 1 is 0.700 bits per heavy atom. The van der Waals surface area contributed by atoms with Gasteiger partial charge in [-0.3, -0.25) is 0 Å². The second kappa shape index (κ2) is 6.83. The smallest absolute Gasteiger partial charge is 0.0657 e. The van der Waals surface area contributed by atoms with Gasteiger partial charge in [0.25, 0.3) is 0 Å². The molecule has 1 nitrogen and oxygen atoms in total. The first-order valence-electron chi connectivity index (χ1n) is 5.41. The summed E-state index contributed by atoms with van der Waals surface area (Å²) in [5.41, 5.74) is 1.32. The molecule has 2 aromatic carbocycles. The third-order valence-electron chi connectivity index (χ3n) is 2.60. The molecule has 0 saturated carbocycles. The van der Waals surface area contributed by atoms with Crippen LogP contribution in [0, 0.1) is 0 Å². The summed E-state index contributed by atoms with van der Waals surface area (Å²) in [6, 6.07) is 6.53. The Balaban J connectivity index is 2.26. The molecular formula is C13H7Cl6N. The minimum absolute atomic E-state index is 0.357. The molecule has 0 aliphatic carbocycles. The predicted octanol–water partition coefficient (Wildman–Crippen LogP) is 7.22. The predicted molar refractivity (Wildman–Crippen MR) is 90.3 cm³/mol. The number of nitrogens with one attached hydrogen (secondary N) is 1. The Morgan fingerprint density at radius 2 is 1.30 bits per heavy atom. The van der Waals surface area contributed by atoms with E-state index < -0.39 is 0 Å². The van der Waals surface area contributed by atoms with Crippen LogP contribution in [0.3, 0.4) is 0 Å². The average Bonchev–Trinajstić information content (AvgIpc) is 2.40. The van der Waals surface area contributed by atoms with Gasteiger partial charge in [0.15, 0.2) is 0 Å². The van der Waals surface area contributed by atoms with Crippen molar-refractivity contribution in [3.05, 3.63) is 60.0 Å². The molecule has 0 amide bonds. The second-order valence-corrected chi connectivity index (χ2v) is 6.34. The van der Waals surface area contributed by atoms with Crippen LogP contribution in [-0.2, 0) is 6.54 Å². The molecule has 2 rings (SSSR count). The summed E-state index contributed by atoms with van der Waals surface area (Å²) in [4.78, 5) is 0. The molecule has 1 N–H and O–H groups in total. The van der Waals surface area contributed by atoms with Gasteiger partial charge in [0.05, 0.1) is 30.8 Å². The molecule has 0 aromatic heterocycles. The molecule has 0 aliphatic rings. The quantitative estimate of drug-likeness (QED) is 0.546. The highest BCUT2D eigenvalue weighted by Crippen LogP contribution is 2.35. The number of anilines is 1. The van der Waals surface area contributed by atoms with E-state index in [9.17, 15) is 0 Å². The van der Waals surface area contributed by atoms with Crippen LogP contribution in [0.5, 0.6) is 0 Å². The monoisotopic (exact) mass is 387 g/mol. The molecule has 0 aliphatic heterocycles. The van der Waals surface area contributed by atoms with Crippen molar-refractivity contribution in [3.8, 4) is 0 Å². The molecule has 0 unspecified atom stereocenters. The first kappa shape index (κ1) is 16.4. The SMILES string of the molecule is Clc1cc(Cl)c(NCc2c(Cl)ccc(Cl)c2Cl)cc1Cl. The molecule has 0 saturated heterocycles. The fraction of sp³-hybridized carbons (Fsp3) is 0.0769. The summed E-state index contributed by atoms with van der Waals surface area (Å²) in [5, 5.41) is 5.71. The molecule has 0 bridgehead atoms. The molecule has 0 heterocycles. The molecule has 0 fully saturated rings. The molecular weight excluding hydrogens is 383 g/mol. The van der Waals surface area contributed by atoms with Crippen molar-refractivity contribution < 1.29 is 0 Å². The number of hydrogen-bond acceptors (Lipinski definition) is 1. The largest absolute Gasteiger partial charge is 0.380 e. The number of halogens is 6. The maximum atomic E-state index is 6.12. The van der Waals surface area contributed by atoms with E-state index in [4.69, 9.17) is 69.6 Å². The summed E-state index contributed by atoms with van der Waals surface area (Å²) < 4.78 is 0. The van der Waals surface area contributed by atoms with Crippen LogP contribution in [0.2, 0.25) is 30.1 Å². The molecule has 0 spiro atoms. The van der Waals surface area contributed by atoms with Crippen LogP contribution in [-0.4, -0.2) is 0 Å². The van der Waals surface area contributed by atoms with Crippen molar-refractivity contribution in [1.82, 2.24) is 0 Å². The van der Waals surface area contributed by atoms with Crippen LogP contribution in [0.25, 0.3) is 0 Å². The van der Waals surface area contributed by atoms with Gasteiger partial charge in [0, 0.05) is 17.1 Å². The molecule has 0 radical (unpaired) electrons. The molecule has 7 heteroatoms. The van der Waals surface area contributed by atoms with E-state index in [2.05, 4.69) is 5.32 Å². The second-order valence-electron chi connectivity index (χ2n) is 3.92. The standard InChI is InChI=1S/C13H7Cl6N/c14-7-1-2-8(15)13(19)6(7)5-20-12-4-10(17)9(16)3-11(12)18/h1-4,20H,5H2. The third-order valence-corrected chi connectivity index (χ3v) is 4.84. The minimum Gasteiger partial charge on any atom is -0.380 e. The fourth-order valence-electron chi connectivity index (χ4n) is 1.57. The summed E-state index contributed by atoms with van der Waals surface area (Å²) in [6.07, 6.45) is 0. The van der Waals surface area contributed by atoms with Crippen molar-refractivity contribution in [3.63, 3.8) is 0 Å². The molecule has 20 heavy (non-hydrogen) atoms. The number of hydrogen-bond donors (Lipinski definition) is 1. The van der Waals surface area contributed by atoms with Gasteiger partial charge in [-0.2, -0.15) is 0 Å². The van der Waals surface area contributed by atoms with E-state index in [-0.39, 0.29) is 0 Å². The lowest BCUT2D eigenvalue weighted by Crippen LogP contribution is -2.02. The van der Waals surface area contributed by atoms with E-state index in [1.165, 1.54) is 0 Å². The molecule has 0 atom stereocenters. The van der Waals surface area contributed by atoms with Gasteiger partial charge in [-0.15, -0.1) is 0 Å². The Labute approximate surface area is 146 Å². The van der Waals surface area contributed by atoms with Gasteiger partial charge >= 0.3 is 0 Å². The first-order chi connectivity index (χ1) is 9.40. The van der Waals surface area contributed by atoms with E-state index >= 15 is 0 Å². The summed E-state index contributed by atoms with van der Waals surface area (Å²) in [6.45, 7) is 0.357. The van der Waals surface area contributed by atoms with E-state index in [1.54, 1.807) is 24.3 Å². The van der Waals surface area contributed by atoms with E-state index in [1.807, 2.05) is 0 Å². The molecule has 106 valence electrons. The zero-order valence-corrected chi connectivity index (χ0v) is 14.3. The normalized spacial score (nSPS) is 10.7. The summed E-state index contributed by atoms with van der Waals surface area (Å²) in [7, 11) is 0. The lowest BCUT2D eigenvalue weighted by Gasteiger charge is -2.13. The Morgan fingerprint density at radius 3 is 2.00 bits per heavy atom. The highest BCUT2D eigenvalue weighted by molar-refractivity contribution is 6.44. The lowest BCUT2D eigenvalue weighted by atomic mass is 10.2. The van der Waals surface area contributed by atoms with Crippen LogP contribution < -0.4 is 5.32 Å². The Hall–Kier alpha value is -0.0200. The average molecular weight is 390 g/mol. The van der Waals surface area contributed by atoms with Crippen molar-refractivity contribution in [2.75, 3.05) is 5.32 Å². The van der Waals surface area contributed by atoms with Crippen LogP contribution in [0.4, 0.5) is 5.69 Å². The Kier molecular flexibility index (Phi) is 5.58. The van der Waals surface area contributed by atoms with E-state index in [0.717, 1.165) is 0 Å². The zero-order valence-electron chi connectivity index (χ0n) is 9.78. The van der Waals surface area contributed by atoms with Gasteiger partial charge in [-0.25, -0.2) is 0 Å². The minimum atomic E-state index is 0.357. The van der Waals surface area contributed by atoms with E-state index in [0.29, 0.717) is 47.9 Å². The topological polar surface area (TPSA) is 12.0 Å². The summed E-state index contributed by atoms with van der Waals surface area (Å²) in [5.74, 6) is 0. The van der Waals surface area contributed by atoms with Gasteiger partial charge in [-0.1, -0.05) is 69.6 Å².